The molecule has 0 aliphatic heterocycles. The first-order chi connectivity index (χ1) is 9.16. The molecule has 2 heterocycles. The van der Waals surface area contributed by atoms with E-state index in [4.69, 9.17) is 5.73 Å². The molecule has 0 spiro atoms. The molecule has 0 aliphatic carbocycles. The summed E-state index contributed by atoms with van der Waals surface area (Å²) in [5, 5.41) is 0.761. The first kappa shape index (κ1) is 11.4. The van der Waals surface area contributed by atoms with Gasteiger partial charge in [-0.05, 0) is 19.1 Å². The highest BCUT2D eigenvalue weighted by molar-refractivity contribution is 6.05. The van der Waals surface area contributed by atoms with Gasteiger partial charge in [0.2, 0.25) is 5.91 Å². The van der Waals surface area contributed by atoms with E-state index in [1.807, 2.05) is 35.8 Å². The second kappa shape index (κ2) is 4.20. The molecule has 0 atom stereocenters. The summed E-state index contributed by atoms with van der Waals surface area (Å²) in [6.07, 6.45) is 3.49. The van der Waals surface area contributed by atoms with Gasteiger partial charge in [0.05, 0.1) is 11.1 Å². The molecule has 3 rings (SSSR count). The van der Waals surface area contributed by atoms with Crippen LogP contribution in [0.25, 0.3) is 16.7 Å². The first-order valence-corrected chi connectivity index (χ1v) is 5.87. The molecule has 0 fully saturated rings. The van der Waals surface area contributed by atoms with Crippen LogP contribution < -0.4 is 5.73 Å². The van der Waals surface area contributed by atoms with Gasteiger partial charge in [0, 0.05) is 17.8 Å². The van der Waals surface area contributed by atoms with Crippen LogP contribution in [-0.4, -0.2) is 20.4 Å². The molecule has 0 bridgehead atoms. The number of primary amides is 1. The van der Waals surface area contributed by atoms with Crippen molar-refractivity contribution < 1.29 is 4.79 Å². The van der Waals surface area contributed by atoms with E-state index in [2.05, 4.69) is 9.97 Å². The van der Waals surface area contributed by atoms with Gasteiger partial charge in [0.15, 0.2) is 0 Å². The maximum Gasteiger partial charge on any atom is 0.249 e. The summed E-state index contributed by atoms with van der Waals surface area (Å²) in [6, 6.07) is 9.13. The minimum atomic E-state index is -0.461. The van der Waals surface area contributed by atoms with Crippen LogP contribution in [0.5, 0.6) is 0 Å². The van der Waals surface area contributed by atoms with Gasteiger partial charge in [-0.1, -0.05) is 18.2 Å². The van der Waals surface area contributed by atoms with Crippen LogP contribution in [-0.2, 0) is 0 Å². The Kier molecular flexibility index (Phi) is 2.52. The fourth-order valence-corrected chi connectivity index (χ4v) is 2.11. The molecule has 1 amide bonds. The smallest absolute Gasteiger partial charge is 0.249 e. The fraction of sp³-hybridized carbons (Fsp3) is 0.0714. The highest BCUT2D eigenvalue weighted by Crippen LogP contribution is 2.20. The molecule has 3 aromatic rings. The Bertz CT molecular complexity index is 776. The van der Waals surface area contributed by atoms with Crippen molar-refractivity contribution in [3.8, 4) is 5.82 Å². The summed E-state index contributed by atoms with van der Waals surface area (Å²) in [5.74, 6) is 0.985. The number of para-hydroxylation sites is 1. The maximum absolute atomic E-state index is 11.6. The summed E-state index contributed by atoms with van der Waals surface area (Å²) in [7, 11) is 0. The molecule has 0 aliphatic rings. The number of nitrogens with two attached hydrogens (primary N) is 1. The largest absolute Gasteiger partial charge is 0.366 e. The molecule has 5 nitrogen and oxygen atoms in total. The molecule has 0 radical (unpaired) electrons. The van der Waals surface area contributed by atoms with Crippen molar-refractivity contribution in [1.82, 2.24) is 14.5 Å². The van der Waals surface area contributed by atoms with E-state index in [0.29, 0.717) is 11.4 Å². The standard InChI is InChI=1S/C14H12N4O/c1-9-16-6-7-18(9)13-8-11(14(15)19)10-4-2-3-5-12(10)17-13/h2-8H,1H3,(H2,15,19). The van der Waals surface area contributed by atoms with Gasteiger partial charge in [-0.3, -0.25) is 9.36 Å². The van der Waals surface area contributed by atoms with Crippen LogP contribution in [0.4, 0.5) is 0 Å². The number of imidazole rings is 1. The van der Waals surface area contributed by atoms with Gasteiger partial charge in [0.1, 0.15) is 11.6 Å². The van der Waals surface area contributed by atoms with E-state index in [1.54, 1.807) is 18.5 Å². The van der Waals surface area contributed by atoms with E-state index in [0.717, 1.165) is 16.7 Å². The number of carbonyl (C=O) groups is 1. The minimum Gasteiger partial charge on any atom is -0.366 e. The monoisotopic (exact) mass is 252 g/mol. The summed E-state index contributed by atoms with van der Waals surface area (Å²) >= 11 is 0. The summed E-state index contributed by atoms with van der Waals surface area (Å²) in [4.78, 5) is 20.3. The van der Waals surface area contributed by atoms with Crippen LogP contribution >= 0.6 is 0 Å². The number of carbonyl (C=O) groups excluding carboxylic acids is 1. The zero-order valence-electron chi connectivity index (χ0n) is 10.4. The second-order valence-corrected chi connectivity index (χ2v) is 4.25. The quantitative estimate of drug-likeness (QED) is 0.756. The van der Waals surface area contributed by atoms with Crippen LogP contribution in [0.3, 0.4) is 0 Å². The van der Waals surface area contributed by atoms with E-state index < -0.39 is 5.91 Å². The molecule has 2 N–H and O–H groups in total. The Balaban J connectivity index is 2.34. The molecule has 5 heteroatoms. The van der Waals surface area contributed by atoms with Crippen molar-refractivity contribution in [2.75, 3.05) is 0 Å². The predicted molar refractivity (Wildman–Crippen MR) is 72.1 cm³/mol. The number of rotatable bonds is 2. The lowest BCUT2D eigenvalue weighted by atomic mass is 10.1. The Labute approximate surface area is 109 Å². The third-order valence-electron chi connectivity index (χ3n) is 3.04. The van der Waals surface area contributed by atoms with Crippen molar-refractivity contribution in [1.29, 1.82) is 0 Å². The molecular formula is C14H12N4O. The number of fused-ring (bicyclic) bond motifs is 1. The first-order valence-electron chi connectivity index (χ1n) is 5.87. The number of pyridine rings is 1. The number of nitrogens with zero attached hydrogens (tertiary/aromatic N) is 3. The predicted octanol–water partition coefficient (Wildman–Crippen LogP) is 1.83. The zero-order valence-corrected chi connectivity index (χ0v) is 10.4. The third kappa shape index (κ3) is 1.85. The molecule has 1 aromatic carbocycles. The number of benzene rings is 1. The van der Waals surface area contributed by atoms with Gasteiger partial charge in [0.25, 0.3) is 0 Å². The molecule has 94 valence electrons. The molecular weight excluding hydrogens is 240 g/mol. The maximum atomic E-state index is 11.6. The van der Waals surface area contributed by atoms with Crippen molar-refractivity contribution in [2.24, 2.45) is 5.73 Å². The van der Waals surface area contributed by atoms with Gasteiger partial charge in [-0.15, -0.1) is 0 Å². The van der Waals surface area contributed by atoms with E-state index >= 15 is 0 Å². The lowest BCUT2D eigenvalue weighted by Gasteiger charge is -2.08. The van der Waals surface area contributed by atoms with Crippen molar-refractivity contribution in [3.05, 3.63) is 54.1 Å². The van der Waals surface area contributed by atoms with E-state index in [9.17, 15) is 4.79 Å². The van der Waals surface area contributed by atoms with Crippen molar-refractivity contribution >= 4 is 16.8 Å². The number of aromatic nitrogens is 3. The van der Waals surface area contributed by atoms with Crippen LogP contribution in [0.2, 0.25) is 0 Å². The molecule has 0 saturated heterocycles. The average molecular weight is 252 g/mol. The number of hydrogen-bond donors (Lipinski definition) is 1. The highest BCUT2D eigenvalue weighted by Gasteiger charge is 2.11. The van der Waals surface area contributed by atoms with Gasteiger partial charge in [-0.25, -0.2) is 9.97 Å². The zero-order chi connectivity index (χ0) is 13.4. The van der Waals surface area contributed by atoms with Gasteiger partial charge < -0.3 is 5.73 Å². The van der Waals surface area contributed by atoms with Crippen LogP contribution in [0.15, 0.2) is 42.7 Å². The lowest BCUT2D eigenvalue weighted by Crippen LogP contribution is -2.13. The lowest BCUT2D eigenvalue weighted by molar-refractivity contribution is 0.100. The van der Waals surface area contributed by atoms with Crippen LogP contribution in [0, 0.1) is 6.92 Å². The molecule has 19 heavy (non-hydrogen) atoms. The van der Waals surface area contributed by atoms with Crippen molar-refractivity contribution in [3.63, 3.8) is 0 Å². The number of hydrogen-bond acceptors (Lipinski definition) is 3. The van der Waals surface area contributed by atoms with Gasteiger partial charge >= 0.3 is 0 Å². The van der Waals surface area contributed by atoms with E-state index in [1.165, 1.54) is 0 Å². The topological polar surface area (TPSA) is 73.8 Å². The summed E-state index contributed by atoms with van der Waals surface area (Å²) in [6.45, 7) is 1.88. The van der Waals surface area contributed by atoms with Crippen molar-refractivity contribution in [2.45, 2.75) is 6.92 Å². The Hall–Kier alpha value is -2.69. The Morgan fingerprint density at radius 1 is 1.32 bits per heavy atom. The summed E-state index contributed by atoms with van der Waals surface area (Å²) in [5.41, 5.74) is 6.65. The third-order valence-corrected chi connectivity index (χ3v) is 3.04. The van der Waals surface area contributed by atoms with E-state index in [-0.39, 0.29) is 0 Å². The number of amides is 1. The summed E-state index contributed by atoms with van der Waals surface area (Å²) < 4.78 is 1.82. The molecule has 0 unspecified atom stereocenters. The molecule has 0 saturated carbocycles. The molecule has 2 aromatic heterocycles. The van der Waals surface area contributed by atoms with Gasteiger partial charge in [-0.2, -0.15) is 0 Å². The Morgan fingerprint density at radius 3 is 2.79 bits per heavy atom. The van der Waals surface area contributed by atoms with Crippen LogP contribution in [0.1, 0.15) is 16.2 Å². The number of aryl methyl sites for hydroxylation is 1. The SMILES string of the molecule is Cc1nccn1-c1cc(C(N)=O)c2ccccc2n1. The fourth-order valence-electron chi connectivity index (χ4n) is 2.11. The highest BCUT2D eigenvalue weighted by atomic mass is 16.1. The average Bonchev–Trinajstić information content (AvgIpc) is 2.83. The second-order valence-electron chi connectivity index (χ2n) is 4.25. The minimum absolute atomic E-state index is 0.461. The normalized spacial score (nSPS) is 10.8. The Morgan fingerprint density at radius 2 is 2.11 bits per heavy atom.